The van der Waals surface area contributed by atoms with Crippen LogP contribution in [-0.2, 0) is 0 Å². The van der Waals surface area contributed by atoms with Crippen molar-refractivity contribution < 1.29 is 18.0 Å². The molecule has 0 aliphatic rings. The van der Waals surface area contributed by atoms with Gasteiger partial charge in [-0.25, -0.2) is 0 Å². The summed E-state index contributed by atoms with van der Waals surface area (Å²) in [4.78, 5) is 11.0. The number of nitrogens with zero attached hydrogens (tertiary/aromatic N) is 1. The fraction of sp³-hybridized carbons (Fsp3) is 0.0833. The van der Waals surface area contributed by atoms with Crippen molar-refractivity contribution in [2.45, 2.75) is 6.18 Å². The summed E-state index contributed by atoms with van der Waals surface area (Å²) in [6.45, 7) is 0. The molecule has 0 aliphatic carbocycles. The van der Waals surface area contributed by atoms with Crippen LogP contribution in [0.1, 0.15) is 10.4 Å². The molecular weight excluding hydrogens is 231 g/mol. The van der Waals surface area contributed by atoms with Gasteiger partial charge in [-0.1, -0.05) is 18.2 Å². The zero-order valence-corrected chi connectivity index (χ0v) is 8.61. The molecule has 2 nitrogen and oxygen atoms in total. The second-order valence-electron chi connectivity index (χ2n) is 3.47. The largest absolute Gasteiger partial charge is 0.454 e. The summed E-state index contributed by atoms with van der Waals surface area (Å²) < 4.78 is 38.0. The summed E-state index contributed by atoms with van der Waals surface area (Å²) in [5, 5.41) is 0. The lowest BCUT2D eigenvalue weighted by molar-refractivity contribution is -0.0885. The third kappa shape index (κ3) is 2.38. The van der Waals surface area contributed by atoms with Crippen molar-refractivity contribution in [2.24, 2.45) is 0 Å². The summed E-state index contributed by atoms with van der Waals surface area (Å²) in [6, 6.07) is 9.96. The molecule has 0 fully saturated rings. The lowest BCUT2D eigenvalue weighted by Gasteiger charge is -2.03. The predicted molar refractivity (Wildman–Crippen MR) is 56.2 cm³/mol. The maximum absolute atomic E-state index is 12.2. The normalized spacial score (nSPS) is 11.5. The molecule has 0 spiro atoms. The molecule has 0 amide bonds. The second-order valence-corrected chi connectivity index (χ2v) is 3.47. The molecule has 0 atom stereocenters. The second kappa shape index (κ2) is 4.08. The molecule has 0 N–H and O–H groups in total. The summed E-state index contributed by atoms with van der Waals surface area (Å²) >= 11 is 0. The molecule has 0 aliphatic heterocycles. The topological polar surface area (TPSA) is 22.0 Å². The summed E-state index contributed by atoms with van der Waals surface area (Å²) in [5.74, 6) is -1.83. The van der Waals surface area contributed by atoms with Crippen LogP contribution in [0, 0.1) is 0 Å². The Labute approximate surface area is 95.3 Å². The van der Waals surface area contributed by atoms with Crippen molar-refractivity contribution in [3.63, 3.8) is 0 Å². The van der Waals surface area contributed by atoms with Gasteiger partial charge in [-0.05, 0) is 18.2 Å². The number of rotatable bonds is 2. The Morgan fingerprint density at radius 1 is 1.06 bits per heavy atom. The van der Waals surface area contributed by atoms with Gasteiger partial charge in [0.2, 0.25) is 0 Å². The number of halogens is 3. The van der Waals surface area contributed by atoms with E-state index in [4.69, 9.17) is 0 Å². The first-order chi connectivity index (χ1) is 7.98. The fourth-order valence-corrected chi connectivity index (χ4v) is 1.46. The summed E-state index contributed by atoms with van der Waals surface area (Å²) in [5.41, 5.74) is 0.343. The maximum Gasteiger partial charge on any atom is 0.454 e. The number of para-hydroxylation sites is 1. The van der Waals surface area contributed by atoms with Gasteiger partial charge in [-0.15, -0.1) is 0 Å². The van der Waals surface area contributed by atoms with Gasteiger partial charge in [-0.3, -0.25) is 4.79 Å². The van der Waals surface area contributed by atoms with Gasteiger partial charge in [0.15, 0.2) is 0 Å². The molecule has 0 saturated heterocycles. The average molecular weight is 239 g/mol. The monoisotopic (exact) mass is 239 g/mol. The lowest BCUT2D eigenvalue weighted by Crippen LogP contribution is -2.22. The van der Waals surface area contributed by atoms with Gasteiger partial charge in [-0.2, -0.15) is 13.2 Å². The highest BCUT2D eigenvalue weighted by atomic mass is 19.4. The van der Waals surface area contributed by atoms with Crippen molar-refractivity contribution in [2.75, 3.05) is 0 Å². The van der Waals surface area contributed by atoms with Gasteiger partial charge in [0.1, 0.15) is 0 Å². The number of benzene rings is 1. The van der Waals surface area contributed by atoms with Crippen LogP contribution in [0.15, 0.2) is 48.8 Å². The van der Waals surface area contributed by atoms with E-state index in [0.717, 1.165) is 6.07 Å². The molecule has 0 radical (unpaired) electrons. The summed E-state index contributed by atoms with van der Waals surface area (Å²) in [7, 11) is 0. The number of alkyl halides is 3. The van der Waals surface area contributed by atoms with Crippen LogP contribution in [0.3, 0.4) is 0 Å². The number of ketones is 1. The molecule has 0 saturated carbocycles. The summed E-state index contributed by atoms with van der Waals surface area (Å²) in [6.07, 6.45) is -2.23. The number of hydrogen-bond donors (Lipinski definition) is 0. The van der Waals surface area contributed by atoms with Crippen LogP contribution >= 0.6 is 0 Å². The minimum Gasteiger partial charge on any atom is -0.323 e. The third-order valence-electron chi connectivity index (χ3n) is 2.27. The minimum absolute atomic E-state index is 0.360. The molecule has 5 heteroatoms. The van der Waals surface area contributed by atoms with E-state index in [1.165, 1.54) is 17.0 Å². The highest BCUT2D eigenvalue weighted by molar-refractivity contribution is 6.00. The van der Waals surface area contributed by atoms with Crippen LogP contribution < -0.4 is 0 Å². The van der Waals surface area contributed by atoms with E-state index >= 15 is 0 Å². The molecule has 1 aromatic carbocycles. The van der Waals surface area contributed by atoms with E-state index in [-0.39, 0.29) is 5.56 Å². The molecule has 0 unspecified atom stereocenters. The third-order valence-corrected chi connectivity index (χ3v) is 2.27. The van der Waals surface area contributed by atoms with Crippen molar-refractivity contribution in [1.29, 1.82) is 0 Å². The number of carbonyl (C=O) groups is 1. The van der Waals surface area contributed by atoms with Crippen molar-refractivity contribution in [3.8, 4) is 5.69 Å². The standard InChI is InChI=1S/C12H8F3NO/c13-12(14,15)11(17)9-6-7-16(8-9)10-4-2-1-3-5-10/h1-8H. The van der Waals surface area contributed by atoms with E-state index in [1.807, 2.05) is 0 Å². The van der Waals surface area contributed by atoms with Gasteiger partial charge < -0.3 is 4.57 Å². The molecule has 2 rings (SSSR count). The van der Waals surface area contributed by atoms with E-state index in [1.54, 1.807) is 30.3 Å². The Morgan fingerprint density at radius 3 is 2.29 bits per heavy atom. The van der Waals surface area contributed by atoms with Crippen molar-refractivity contribution >= 4 is 5.78 Å². The first-order valence-corrected chi connectivity index (χ1v) is 4.83. The van der Waals surface area contributed by atoms with E-state index in [2.05, 4.69) is 0 Å². The van der Waals surface area contributed by atoms with E-state index in [9.17, 15) is 18.0 Å². The fourth-order valence-electron chi connectivity index (χ4n) is 1.46. The highest BCUT2D eigenvalue weighted by Gasteiger charge is 2.39. The Kier molecular flexibility index (Phi) is 2.75. The van der Waals surface area contributed by atoms with Gasteiger partial charge in [0.25, 0.3) is 5.78 Å². The predicted octanol–water partition coefficient (Wildman–Crippen LogP) is 3.22. The van der Waals surface area contributed by atoms with Crippen LogP contribution in [-0.4, -0.2) is 16.5 Å². The Bertz CT molecular complexity index is 528. The van der Waals surface area contributed by atoms with Crippen LogP contribution in [0.2, 0.25) is 0 Å². The van der Waals surface area contributed by atoms with Crippen LogP contribution in [0.25, 0.3) is 5.69 Å². The maximum atomic E-state index is 12.2. The Hall–Kier alpha value is -2.04. The van der Waals surface area contributed by atoms with Crippen LogP contribution in [0.4, 0.5) is 13.2 Å². The first kappa shape index (κ1) is 11.4. The Balaban J connectivity index is 2.32. The molecular formula is C12H8F3NO. The van der Waals surface area contributed by atoms with Crippen molar-refractivity contribution in [3.05, 3.63) is 54.4 Å². The average Bonchev–Trinajstić information content (AvgIpc) is 2.77. The molecule has 88 valence electrons. The number of hydrogen-bond acceptors (Lipinski definition) is 1. The smallest absolute Gasteiger partial charge is 0.323 e. The minimum atomic E-state index is -4.83. The zero-order chi connectivity index (χ0) is 12.5. The van der Waals surface area contributed by atoms with Gasteiger partial charge >= 0.3 is 6.18 Å². The lowest BCUT2D eigenvalue weighted by atomic mass is 10.2. The van der Waals surface area contributed by atoms with E-state index in [0.29, 0.717) is 5.69 Å². The zero-order valence-electron chi connectivity index (χ0n) is 8.61. The molecule has 1 aromatic heterocycles. The quantitative estimate of drug-likeness (QED) is 0.737. The van der Waals surface area contributed by atoms with Crippen LogP contribution in [0.5, 0.6) is 0 Å². The number of aromatic nitrogens is 1. The van der Waals surface area contributed by atoms with Gasteiger partial charge in [0, 0.05) is 23.6 Å². The van der Waals surface area contributed by atoms with Gasteiger partial charge in [0.05, 0.1) is 0 Å². The van der Waals surface area contributed by atoms with E-state index < -0.39 is 12.0 Å². The van der Waals surface area contributed by atoms with Crippen molar-refractivity contribution in [1.82, 2.24) is 4.57 Å². The molecule has 17 heavy (non-hydrogen) atoms. The molecule has 0 bridgehead atoms. The molecule has 1 heterocycles. The highest BCUT2D eigenvalue weighted by Crippen LogP contribution is 2.22. The SMILES string of the molecule is O=C(c1ccn(-c2ccccc2)c1)C(F)(F)F. The number of carbonyl (C=O) groups excluding carboxylic acids is 1. The number of Topliss-reactive ketones (excluding diaryl/α,β-unsaturated/α-hetero) is 1. The Morgan fingerprint density at radius 2 is 1.71 bits per heavy atom. The first-order valence-electron chi connectivity index (χ1n) is 4.83. The molecule has 2 aromatic rings.